The zero-order valence-corrected chi connectivity index (χ0v) is 11.7. The molecule has 0 aliphatic rings. The van der Waals surface area contributed by atoms with Gasteiger partial charge in [-0.1, -0.05) is 0 Å². The molecule has 0 N–H and O–H groups in total. The van der Waals surface area contributed by atoms with Gasteiger partial charge in [-0.2, -0.15) is 5.26 Å². The number of rotatable bonds is 3. The van der Waals surface area contributed by atoms with Crippen molar-refractivity contribution >= 4 is 5.97 Å². The summed E-state index contributed by atoms with van der Waals surface area (Å²) in [5.41, 5.74) is 1.43. The van der Waals surface area contributed by atoms with E-state index in [2.05, 4.69) is 9.72 Å². The minimum absolute atomic E-state index is 0.0896. The third-order valence-corrected chi connectivity index (χ3v) is 3.08. The Bertz CT molecular complexity index is 770. The van der Waals surface area contributed by atoms with Crippen molar-refractivity contribution in [1.29, 1.82) is 5.26 Å². The van der Waals surface area contributed by atoms with Gasteiger partial charge < -0.3 is 9.30 Å². The van der Waals surface area contributed by atoms with Crippen LogP contribution in [0.5, 0.6) is 0 Å². The molecule has 6 nitrogen and oxygen atoms in total. The van der Waals surface area contributed by atoms with Crippen molar-refractivity contribution in [2.75, 3.05) is 7.11 Å². The van der Waals surface area contributed by atoms with Gasteiger partial charge in [-0.25, -0.2) is 4.79 Å². The Balaban J connectivity index is 2.33. The average molecular weight is 283 g/mol. The van der Waals surface area contributed by atoms with Crippen LogP contribution >= 0.6 is 0 Å². The third-order valence-electron chi connectivity index (χ3n) is 3.08. The number of carbonyl (C=O) groups excluding carboxylic acids is 1. The monoisotopic (exact) mass is 283 g/mol. The van der Waals surface area contributed by atoms with Crippen LogP contribution in [0.3, 0.4) is 0 Å². The number of ether oxygens (including phenoxy) is 1. The molecule has 2 rings (SSSR count). The quantitative estimate of drug-likeness (QED) is 0.792. The van der Waals surface area contributed by atoms with Gasteiger partial charge in [0.1, 0.15) is 11.6 Å². The maximum absolute atomic E-state index is 12.1. The molecule has 0 aliphatic heterocycles. The van der Waals surface area contributed by atoms with Crippen LogP contribution in [0.15, 0.2) is 35.3 Å². The molecule has 21 heavy (non-hydrogen) atoms. The second kappa shape index (κ2) is 6.01. The second-order valence-electron chi connectivity index (χ2n) is 4.42. The first kappa shape index (κ1) is 14.5. The van der Waals surface area contributed by atoms with E-state index in [1.54, 1.807) is 25.1 Å². The normalized spacial score (nSPS) is 9.95. The second-order valence-corrected chi connectivity index (χ2v) is 4.42. The molecule has 0 spiro atoms. The van der Waals surface area contributed by atoms with Crippen molar-refractivity contribution in [3.8, 4) is 6.07 Å². The first-order valence-electron chi connectivity index (χ1n) is 6.20. The fourth-order valence-corrected chi connectivity index (χ4v) is 1.87. The van der Waals surface area contributed by atoms with Gasteiger partial charge in [0.2, 0.25) is 0 Å². The summed E-state index contributed by atoms with van der Waals surface area (Å²) in [7, 11) is 1.30. The minimum atomic E-state index is -0.464. The van der Waals surface area contributed by atoms with Crippen LogP contribution in [0, 0.1) is 18.3 Å². The maximum atomic E-state index is 12.1. The van der Waals surface area contributed by atoms with Crippen LogP contribution in [0.4, 0.5) is 0 Å². The number of nitriles is 1. The van der Waals surface area contributed by atoms with E-state index >= 15 is 0 Å². The largest absolute Gasteiger partial charge is 0.465 e. The predicted octanol–water partition coefficient (Wildman–Crippen LogP) is 1.26. The molecule has 0 bridgehead atoms. The summed E-state index contributed by atoms with van der Waals surface area (Å²) in [6.07, 6.45) is 1.40. The number of hydrogen-bond donors (Lipinski definition) is 0. The summed E-state index contributed by atoms with van der Waals surface area (Å²) in [6, 6.07) is 8.31. The van der Waals surface area contributed by atoms with Crippen molar-refractivity contribution in [3.63, 3.8) is 0 Å². The van der Waals surface area contributed by atoms with Gasteiger partial charge in [-0.3, -0.25) is 9.78 Å². The summed E-state index contributed by atoms with van der Waals surface area (Å²) < 4.78 is 6.06. The highest BCUT2D eigenvalue weighted by Crippen LogP contribution is 2.05. The Morgan fingerprint density at radius 2 is 2.14 bits per heavy atom. The number of aromatic nitrogens is 2. The number of hydrogen-bond acceptors (Lipinski definition) is 5. The summed E-state index contributed by atoms with van der Waals surface area (Å²) in [5.74, 6) is -0.464. The molecule has 2 aromatic rings. The van der Waals surface area contributed by atoms with Crippen LogP contribution in [0.1, 0.15) is 27.3 Å². The topological polar surface area (TPSA) is 85.0 Å². The van der Waals surface area contributed by atoms with E-state index in [1.165, 1.54) is 23.9 Å². The first-order valence-corrected chi connectivity index (χ1v) is 6.20. The molecular weight excluding hydrogens is 270 g/mol. The zero-order valence-electron chi connectivity index (χ0n) is 11.7. The molecular formula is C15H13N3O3. The number of aryl methyl sites for hydroxylation is 1. The van der Waals surface area contributed by atoms with Crippen LogP contribution in [-0.4, -0.2) is 22.6 Å². The Labute approximate surface area is 121 Å². The molecule has 0 saturated carbocycles. The smallest absolute Gasteiger partial charge is 0.339 e. The lowest BCUT2D eigenvalue weighted by Crippen LogP contribution is -2.25. The molecule has 0 saturated heterocycles. The standard InChI is InChI=1S/C15H13N3O3/c1-10-3-4-11(7-16)14(19)18(10)9-13-6-5-12(8-17-13)15(20)21-2/h3-6,8H,9H2,1-2H3. The van der Waals surface area contributed by atoms with Crippen molar-refractivity contribution in [1.82, 2.24) is 9.55 Å². The van der Waals surface area contributed by atoms with Gasteiger partial charge in [0.15, 0.2) is 0 Å². The van der Waals surface area contributed by atoms with E-state index in [0.29, 0.717) is 11.3 Å². The summed E-state index contributed by atoms with van der Waals surface area (Å²) in [5, 5.41) is 8.89. The molecule has 2 heterocycles. The summed E-state index contributed by atoms with van der Waals surface area (Å²) >= 11 is 0. The lowest BCUT2D eigenvalue weighted by molar-refractivity contribution is 0.0600. The van der Waals surface area contributed by atoms with Crippen molar-refractivity contribution < 1.29 is 9.53 Å². The predicted molar refractivity (Wildman–Crippen MR) is 74.8 cm³/mol. The minimum Gasteiger partial charge on any atom is -0.465 e. The Kier molecular flexibility index (Phi) is 4.14. The van der Waals surface area contributed by atoms with Gasteiger partial charge in [0, 0.05) is 11.9 Å². The molecule has 0 amide bonds. The van der Waals surface area contributed by atoms with Gasteiger partial charge in [0.05, 0.1) is 24.9 Å². The number of pyridine rings is 2. The van der Waals surface area contributed by atoms with E-state index in [1.807, 2.05) is 6.07 Å². The number of methoxy groups -OCH3 is 1. The highest BCUT2D eigenvalue weighted by Gasteiger charge is 2.09. The summed E-state index contributed by atoms with van der Waals surface area (Å²) in [4.78, 5) is 27.5. The van der Waals surface area contributed by atoms with Gasteiger partial charge in [0.25, 0.3) is 5.56 Å². The molecule has 0 aliphatic carbocycles. The van der Waals surface area contributed by atoms with E-state index in [-0.39, 0.29) is 17.7 Å². The molecule has 0 fully saturated rings. The molecule has 0 aromatic carbocycles. The van der Waals surface area contributed by atoms with Crippen LogP contribution in [0.25, 0.3) is 0 Å². The summed E-state index contributed by atoms with van der Waals surface area (Å²) in [6.45, 7) is 2.02. The number of carbonyl (C=O) groups is 1. The number of nitrogens with zero attached hydrogens (tertiary/aromatic N) is 3. The maximum Gasteiger partial charge on any atom is 0.339 e. The third kappa shape index (κ3) is 2.98. The Morgan fingerprint density at radius 3 is 2.71 bits per heavy atom. The first-order chi connectivity index (χ1) is 10.1. The molecule has 0 radical (unpaired) electrons. The lowest BCUT2D eigenvalue weighted by atomic mass is 10.2. The average Bonchev–Trinajstić information content (AvgIpc) is 2.51. The molecule has 0 atom stereocenters. The fraction of sp³-hybridized carbons (Fsp3) is 0.200. The Hall–Kier alpha value is -2.94. The van der Waals surface area contributed by atoms with Crippen LogP contribution < -0.4 is 5.56 Å². The highest BCUT2D eigenvalue weighted by atomic mass is 16.5. The van der Waals surface area contributed by atoms with Crippen molar-refractivity contribution in [2.45, 2.75) is 13.5 Å². The Morgan fingerprint density at radius 1 is 1.38 bits per heavy atom. The van der Waals surface area contributed by atoms with Gasteiger partial charge in [-0.05, 0) is 31.2 Å². The lowest BCUT2D eigenvalue weighted by Gasteiger charge is -2.09. The van der Waals surface area contributed by atoms with E-state index in [4.69, 9.17) is 5.26 Å². The van der Waals surface area contributed by atoms with Crippen LogP contribution in [0.2, 0.25) is 0 Å². The highest BCUT2D eigenvalue weighted by molar-refractivity contribution is 5.88. The van der Waals surface area contributed by atoms with Crippen molar-refractivity contribution in [2.24, 2.45) is 0 Å². The SMILES string of the molecule is COC(=O)c1ccc(Cn2c(C)ccc(C#N)c2=O)nc1. The molecule has 6 heteroatoms. The molecule has 2 aromatic heterocycles. The van der Waals surface area contributed by atoms with Gasteiger partial charge >= 0.3 is 5.97 Å². The zero-order chi connectivity index (χ0) is 15.4. The van der Waals surface area contributed by atoms with E-state index < -0.39 is 5.97 Å². The molecule has 106 valence electrons. The fourth-order valence-electron chi connectivity index (χ4n) is 1.87. The van der Waals surface area contributed by atoms with E-state index in [9.17, 15) is 9.59 Å². The van der Waals surface area contributed by atoms with Gasteiger partial charge in [-0.15, -0.1) is 0 Å². The molecule has 0 unspecified atom stereocenters. The number of esters is 1. The van der Waals surface area contributed by atoms with Crippen molar-refractivity contribution in [3.05, 3.63) is 63.3 Å². The van der Waals surface area contributed by atoms with Crippen LogP contribution in [-0.2, 0) is 11.3 Å². The van der Waals surface area contributed by atoms with E-state index in [0.717, 1.165) is 5.69 Å².